The molecule has 0 aromatic heterocycles. The van der Waals surface area contributed by atoms with Gasteiger partial charge in [-0.3, -0.25) is 14.5 Å². The summed E-state index contributed by atoms with van der Waals surface area (Å²) in [4.78, 5) is 30.4. The lowest BCUT2D eigenvalue weighted by Crippen LogP contribution is -2.55. The van der Waals surface area contributed by atoms with Gasteiger partial charge in [0.25, 0.3) is 0 Å². The van der Waals surface area contributed by atoms with Gasteiger partial charge in [0, 0.05) is 33.1 Å². The van der Waals surface area contributed by atoms with Crippen molar-refractivity contribution < 1.29 is 9.59 Å². The van der Waals surface area contributed by atoms with Crippen LogP contribution in [0.15, 0.2) is 24.3 Å². The average molecular weight is 386 g/mol. The van der Waals surface area contributed by atoms with Gasteiger partial charge >= 0.3 is 0 Å². The summed E-state index contributed by atoms with van der Waals surface area (Å²) < 4.78 is 0. The van der Waals surface area contributed by atoms with E-state index >= 15 is 0 Å². The lowest BCUT2D eigenvalue weighted by Gasteiger charge is -2.40. The lowest BCUT2D eigenvalue weighted by atomic mass is 9.90. The first-order valence-electron chi connectivity index (χ1n) is 10.8. The molecule has 2 saturated heterocycles. The molecule has 2 amide bonds. The summed E-state index contributed by atoms with van der Waals surface area (Å²) in [6.07, 6.45) is 4.76. The Hall–Kier alpha value is -1.88. The van der Waals surface area contributed by atoms with E-state index in [1.54, 1.807) is 6.92 Å². The maximum Gasteiger partial charge on any atom is 0.239 e. The second-order valence-corrected chi connectivity index (χ2v) is 8.51. The van der Waals surface area contributed by atoms with Gasteiger partial charge in [0.05, 0.1) is 6.04 Å². The summed E-state index contributed by atoms with van der Waals surface area (Å²) in [5.41, 5.74) is 2.75. The van der Waals surface area contributed by atoms with Crippen LogP contribution >= 0.6 is 0 Å². The molecular weight excluding hydrogens is 350 g/mol. The number of carbonyl (C=O) groups excluding carboxylic acids is 2. The standard InChI is InChI=1S/C23H35N3O2/c1-18-4-6-21(7-5-18)8-9-22-10-12-24(13-11-22)19(2)23(28)26-16-14-25(15-17-26)20(3)27/h4-7,19,22H,8-17H2,1-3H3. The fraction of sp³-hybridized carbons (Fsp3) is 0.652. The zero-order chi connectivity index (χ0) is 20.1. The predicted octanol–water partition coefficient (Wildman–Crippen LogP) is 2.72. The van der Waals surface area contributed by atoms with Gasteiger partial charge in [0.1, 0.15) is 0 Å². The van der Waals surface area contributed by atoms with E-state index in [1.807, 2.05) is 16.7 Å². The van der Waals surface area contributed by atoms with E-state index < -0.39 is 0 Å². The second-order valence-electron chi connectivity index (χ2n) is 8.51. The molecule has 1 aromatic carbocycles. The molecule has 154 valence electrons. The molecule has 5 heteroatoms. The first kappa shape index (κ1) is 20.8. The molecule has 0 radical (unpaired) electrons. The molecule has 3 rings (SSSR count). The Labute approximate surface area is 169 Å². The highest BCUT2D eigenvalue weighted by Gasteiger charge is 2.31. The van der Waals surface area contributed by atoms with Gasteiger partial charge in [-0.25, -0.2) is 0 Å². The molecule has 1 atom stereocenters. The third-order valence-electron chi connectivity index (χ3n) is 6.55. The van der Waals surface area contributed by atoms with Gasteiger partial charge in [-0.1, -0.05) is 29.8 Å². The summed E-state index contributed by atoms with van der Waals surface area (Å²) in [7, 11) is 0. The van der Waals surface area contributed by atoms with Crippen molar-refractivity contribution >= 4 is 11.8 Å². The Bertz CT molecular complexity index is 657. The number of rotatable bonds is 5. The monoisotopic (exact) mass is 385 g/mol. The number of amides is 2. The van der Waals surface area contributed by atoms with Gasteiger partial charge in [-0.15, -0.1) is 0 Å². The number of nitrogens with zero attached hydrogens (tertiary/aromatic N) is 3. The number of hydrogen-bond acceptors (Lipinski definition) is 3. The van der Waals surface area contributed by atoms with E-state index in [9.17, 15) is 9.59 Å². The fourth-order valence-corrected chi connectivity index (χ4v) is 4.42. The molecule has 2 fully saturated rings. The average Bonchev–Trinajstić information content (AvgIpc) is 2.73. The normalized spacial score (nSPS) is 20.2. The van der Waals surface area contributed by atoms with Crippen LogP contribution in [-0.4, -0.2) is 71.8 Å². The van der Waals surface area contributed by atoms with Crippen LogP contribution < -0.4 is 0 Å². The van der Waals surface area contributed by atoms with Crippen molar-refractivity contribution in [2.45, 2.75) is 52.5 Å². The molecule has 28 heavy (non-hydrogen) atoms. The number of benzene rings is 1. The first-order chi connectivity index (χ1) is 13.4. The molecule has 0 spiro atoms. The SMILES string of the molecule is CC(=O)N1CCN(C(=O)C(C)N2CCC(CCc3ccc(C)cc3)CC2)CC1. The number of piperidine rings is 1. The van der Waals surface area contributed by atoms with Gasteiger partial charge in [0.15, 0.2) is 0 Å². The van der Waals surface area contributed by atoms with E-state index in [1.165, 1.54) is 30.4 Å². The zero-order valence-electron chi connectivity index (χ0n) is 17.7. The minimum atomic E-state index is -0.0538. The minimum absolute atomic E-state index is 0.0538. The summed E-state index contributed by atoms with van der Waals surface area (Å²) in [5.74, 6) is 1.09. The van der Waals surface area contributed by atoms with Crippen molar-refractivity contribution in [3.63, 3.8) is 0 Å². The van der Waals surface area contributed by atoms with Crippen LogP contribution in [-0.2, 0) is 16.0 Å². The van der Waals surface area contributed by atoms with Crippen molar-refractivity contribution in [2.24, 2.45) is 5.92 Å². The van der Waals surface area contributed by atoms with Gasteiger partial charge in [-0.05, 0) is 64.1 Å². The van der Waals surface area contributed by atoms with Crippen molar-refractivity contribution in [2.75, 3.05) is 39.3 Å². The molecule has 2 aliphatic rings. The van der Waals surface area contributed by atoms with Crippen LogP contribution in [0, 0.1) is 12.8 Å². The van der Waals surface area contributed by atoms with Crippen LogP contribution in [0.5, 0.6) is 0 Å². The number of likely N-dealkylation sites (tertiary alicyclic amines) is 1. The van der Waals surface area contributed by atoms with Crippen LogP contribution in [0.1, 0.15) is 44.2 Å². The number of hydrogen-bond donors (Lipinski definition) is 0. The van der Waals surface area contributed by atoms with E-state index in [4.69, 9.17) is 0 Å². The summed E-state index contributed by atoms with van der Waals surface area (Å²) in [6, 6.07) is 8.83. The Morgan fingerprint density at radius 3 is 2.11 bits per heavy atom. The zero-order valence-corrected chi connectivity index (χ0v) is 17.7. The lowest BCUT2D eigenvalue weighted by molar-refractivity contribution is -0.142. The molecule has 5 nitrogen and oxygen atoms in total. The Balaban J connectivity index is 1.40. The van der Waals surface area contributed by atoms with E-state index in [0.717, 1.165) is 25.4 Å². The van der Waals surface area contributed by atoms with E-state index in [2.05, 4.69) is 36.1 Å². The number of piperazine rings is 1. The molecule has 2 aliphatic heterocycles. The third-order valence-corrected chi connectivity index (χ3v) is 6.55. The van der Waals surface area contributed by atoms with Crippen molar-refractivity contribution in [3.05, 3.63) is 35.4 Å². The molecular formula is C23H35N3O2. The van der Waals surface area contributed by atoms with Crippen molar-refractivity contribution in [3.8, 4) is 0 Å². The van der Waals surface area contributed by atoms with Gasteiger partial charge in [0.2, 0.25) is 11.8 Å². The molecule has 1 aromatic rings. The van der Waals surface area contributed by atoms with Crippen molar-refractivity contribution in [1.82, 2.24) is 14.7 Å². The Kier molecular flexibility index (Phi) is 7.11. The highest BCUT2D eigenvalue weighted by atomic mass is 16.2. The Morgan fingerprint density at radius 2 is 1.54 bits per heavy atom. The summed E-state index contributed by atoms with van der Waals surface area (Å²) in [6.45, 7) is 10.5. The van der Waals surface area contributed by atoms with Crippen LogP contribution in [0.2, 0.25) is 0 Å². The predicted molar refractivity (Wildman–Crippen MR) is 112 cm³/mol. The topological polar surface area (TPSA) is 43.9 Å². The minimum Gasteiger partial charge on any atom is -0.339 e. The van der Waals surface area contributed by atoms with Crippen LogP contribution in [0.4, 0.5) is 0 Å². The maximum absolute atomic E-state index is 12.9. The largest absolute Gasteiger partial charge is 0.339 e. The Morgan fingerprint density at radius 1 is 0.964 bits per heavy atom. The molecule has 1 unspecified atom stereocenters. The first-order valence-corrected chi connectivity index (χ1v) is 10.8. The molecule has 2 heterocycles. The van der Waals surface area contributed by atoms with E-state index in [-0.39, 0.29) is 17.9 Å². The molecule has 0 saturated carbocycles. The summed E-state index contributed by atoms with van der Waals surface area (Å²) in [5, 5.41) is 0. The molecule has 0 bridgehead atoms. The quantitative estimate of drug-likeness (QED) is 0.783. The number of carbonyl (C=O) groups is 2. The van der Waals surface area contributed by atoms with Crippen LogP contribution in [0.3, 0.4) is 0 Å². The third kappa shape index (κ3) is 5.34. The maximum atomic E-state index is 12.9. The number of aryl methyl sites for hydroxylation is 2. The molecule has 0 aliphatic carbocycles. The second kappa shape index (κ2) is 9.55. The fourth-order valence-electron chi connectivity index (χ4n) is 4.42. The highest BCUT2D eigenvalue weighted by Crippen LogP contribution is 2.24. The van der Waals surface area contributed by atoms with Gasteiger partial charge in [-0.2, -0.15) is 0 Å². The summed E-state index contributed by atoms with van der Waals surface area (Å²) >= 11 is 0. The van der Waals surface area contributed by atoms with Crippen molar-refractivity contribution in [1.29, 1.82) is 0 Å². The van der Waals surface area contributed by atoms with Gasteiger partial charge < -0.3 is 9.80 Å². The highest BCUT2D eigenvalue weighted by molar-refractivity contribution is 5.82. The van der Waals surface area contributed by atoms with E-state index in [0.29, 0.717) is 26.2 Å². The van der Waals surface area contributed by atoms with Crippen LogP contribution in [0.25, 0.3) is 0 Å². The molecule has 0 N–H and O–H groups in total. The smallest absolute Gasteiger partial charge is 0.239 e.